The molecule has 0 fully saturated rings. The molecular formula is C19H21N5OS. The summed E-state index contributed by atoms with van der Waals surface area (Å²) < 4.78 is 1.78. The van der Waals surface area contributed by atoms with Crippen LogP contribution < -0.4 is 5.32 Å². The van der Waals surface area contributed by atoms with Gasteiger partial charge >= 0.3 is 0 Å². The molecule has 2 heterocycles. The summed E-state index contributed by atoms with van der Waals surface area (Å²) in [6.45, 7) is 6.47. The molecule has 0 radical (unpaired) electrons. The number of nitrogens with zero attached hydrogens (tertiary/aromatic N) is 4. The third-order valence-electron chi connectivity index (χ3n) is 3.64. The molecular weight excluding hydrogens is 346 g/mol. The van der Waals surface area contributed by atoms with E-state index in [1.54, 1.807) is 10.9 Å². The number of carbonyl (C=O) groups is 1. The summed E-state index contributed by atoms with van der Waals surface area (Å²) in [4.78, 5) is 22.0. The molecule has 6 nitrogen and oxygen atoms in total. The normalized spacial score (nSPS) is 10.7. The maximum absolute atomic E-state index is 12.1. The minimum absolute atomic E-state index is 0.0313. The monoisotopic (exact) mass is 367 g/mol. The van der Waals surface area contributed by atoms with Gasteiger partial charge in [0, 0.05) is 41.1 Å². The van der Waals surface area contributed by atoms with Crippen molar-refractivity contribution in [2.75, 3.05) is 5.32 Å². The van der Waals surface area contributed by atoms with Gasteiger partial charge in [-0.05, 0) is 68.4 Å². The van der Waals surface area contributed by atoms with Gasteiger partial charge in [-0.1, -0.05) is 0 Å². The van der Waals surface area contributed by atoms with Crippen LogP contribution in [0.3, 0.4) is 0 Å². The zero-order valence-corrected chi connectivity index (χ0v) is 15.9. The van der Waals surface area contributed by atoms with Crippen LogP contribution in [0.15, 0.2) is 52.8 Å². The lowest BCUT2D eigenvalue weighted by atomic mass is 10.3. The van der Waals surface area contributed by atoms with Crippen LogP contribution in [0.2, 0.25) is 0 Å². The number of benzene rings is 1. The highest BCUT2D eigenvalue weighted by Crippen LogP contribution is 2.26. The first kappa shape index (κ1) is 18.1. The number of aryl methyl sites for hydroxylation is 4. The molecule has 0 saturated heterocycles. The van der Waals surface area contributed by atoms with Crippen LogP contribution in [0.5, 0.6) is 0 Å². The van der Waals surface area contributed by atoms with E-state index in [0.29, 0.717) is 13.0 Å². The summed E-state index contributed by atoms with van der Waals surface area (Å²) in [6.07, 6.45) is 4.09. The van der Waals surface area contributed by atoms with Crippen LogP contribution in [-0.2, 0) is 11.3 Å². The summed E-state index contributed by atoms with van der Waals surface area (Å²) in [5, 5.41) is 7.82. The van der Waals surface area contributed by atoms with Crippen molar-refractivity contribution in [2.24, 2.45) is 0 Å². The lowest BCUT2D eigenvalue weighted by molar-refractivity contribution is -0.116. The number of rotatable bonds is 6. The molecule has 1 N–H and O–H groups in total. The van der Waals surface area contributed by atoms with Crippen LogP contribution in [-0.4, -0.2) is 25.7 Å². The van der Waals surface area contributed by atoms with Gasteiger partial charge in [-0.15, -0.1) is 0 Å². The second-order valence-electron chi connectivity index (χ2n) is 6.14. The summed E-state index contributed by atoms with van der Waals surface area (Å²) in [5.41, 5.74) is 3.77. The first-order valence-corrected chi connectivity index (χ1v) is 9.19. The molecule has 0 aliphatic rings. The van der Waals surface area contributed by atoms with E-state index in [9.17, 15) is 4.79 Å². The lowest BCUT2D eigenvalue weighted by Crippen LogP contribution is -2.14. The first-order valence-electron chi connectivity index (χ1n) is 8.37. The number of anilines is 1. The number of hydrogen-bond donors (Lipinski definition) is 1. The van der Waals surface area contributed by atoms with Gasteiger partial charge in [0.25, 0.3) is 0 Å². The predicted molar refractivity (Wildman–Crippen MR) is 102 cm³/mol. The molecule has 3 rings (SSSR count). The van der Waals surface area contributed by atoms with E-state index in [2.05, 4.69) is 20.4 Å². The Bertz CT molecular complexity index is 884. The third kappa shape index (κ3) is 5.16. The van der Waals surface area contributed by atoms with Gasteiger partial charge in [-0.25, -0.2) is 9.97 Å². The summed E-state index contributed by atoms with van der Waals surface area (Å²) in [5.74, 6) is -0.0313. The second kappa shape index (κ2) is 8.14. The fourth-order valence-corrected chi connectivity index (χ4v) is 3.34. The molecule has 0 saturated carbocycles. The van der Waals surface area contributed by atoms with E-state index in [0.717, 1.165) is 32.7 Å². The third-order valence-corrected chi connectivity index (χ3v) is 4.51. The average Bonchev–Trinajstić information content (AvgIpc) is 2.99. The summed E-state index contributed by atoms with van der Waals surface area (Å²) >= 11 is 1.51. The number of nitrogens with one attached hydrogen (secondary N) is 1. The topological polar surface area (TPSA) is 72.7 Å². The van der Waals surface area contributed by atoms with Gasteiger partial charge in [-0.2, -0.15) is 5.10 Å². The van der Waals surface area contributed by atoms with Crippen molar-refractivity contribution in [2.45, 2.75) is 43.8 Å². The van der Waals surface area contributed by atoms with Crippen LogP contribution in [0.25, 0.3) is 0 Å². The fraction of sp³-hybridized carbons (Fsp3) is 0.263. The quantitative estimate of drug-likeness (QED) is 0.671. The predicted octanol–water partition coefficient (Wildman–Crippen LogP) is 3.78. The van der Waals surface area contributed by atoms with E-state index in [1.165, 1.54) is 11.8 Å². The Kier molecular flexibility index (Phi) is 5.68. The molecule has 3 aromatic rings. The number of amides is 1. The Morgan fingerprint density at radius 3 is 2.42 bits per heavy atom. The van der Waals surface area contributed by atoms with Crippen molar-refractivity contribution in [1.29, 1.82) is 0 Å². The molecule has 0 atom stereocenters. The van der Waals surface area contributed by atoms with Gasteiger partial charge in [0.1, 0.15) is 0 Å². The highest BCUT2D eigenvalue weighted by molar-refractivity contribution is 7.99. The Balaban J connectivity index is 1.54. The van der Waals surface area contributed by atoms with E-state index in [1.807, 2.05) is 57.3 Å². The van der Waals surface area contributed by atoms with E-state index < -0.39 is 0 Å². The zero-order chi connectivity index (χ0) is 18.5. The molecule has 1 aromatic carbocycles. The van der Waals surface area contributed by atoms with E-state index >= 15 is 0 Å². The number of aromatic nitrogens is 4. The van der Waals surface area contributed by atoms with Crippen molar-refractivity contribution in [3.8, 4) is 0 Å². The van der Waals surface area contributed by atoms with Crippen molar-refractivity contribution in [3.63, 3.8) is 0 Å². The molecule has 26 heavy (non-hydrogen) atoms. The van der Waals surface area contributed by atoms with Crippen LogP contribution in [0.4, 0.5) is 5.69 Å². The first-order chi connectivity index (χ1) is 12.5. The zero-order valence-electron chi connectivity index (χ0n) is 15.1. The standard InChI is InChI=1S/C19H21N5OS/c1-13-11-20-24(12-13)9-8-18(25)23-16-4-6-17(7-5-16)26-19-21-14(2)10-15(3)22-19/h4-7,10-12H,8-9H2,1-3H3,(H,23,25). The Hall–Kier alpha value is -2.67. The molecule has 2 aromatic heterocycles. The Morgan fingerprint density at radius 2 is 1.81 bits per heavy atom. The molecule has 0 aliphatic heterocycles. The maximum Gasteiger partial charge on any atom is 0.226 e. The van der Waals surface area contributed by atoms with E-state index in [-0.39, 0.29) is 5.91 Å². The van der Waals surface area contributed by atoms with E-state index in [4.69, 9.17) is 0 Å². The Morgan fingerprint density at radius 1 is 1.12 bits per heavy atom. The average molecular weight is 367 g/mol. The smallest absolute Gasteiger partial charge is 0.226 e. The molecule has 0 spiro atoms. The second-order valence-corrected chi connectivity index (χ2v) is 7.18. The van der Waals surface area contributed by atoms with Crippen molar-refractivity contribution < 1.29 is 4.79 Å². The highest BCUT2D eigenvalue weighted by atomic mass is 32.2. The van der Waals surface area contributed by atoms with Gasteiger partial charge in [-0.3, -0.25) is 9.48 Å². The fourth-order valence-electron chi connectivity index (χ4n) is 2.48. The van der Waals surface area contributed by atoms with Crippen LogP contribution >= 0.6 is 11.8 Å². The molecule has 134 valence electrons. The van der Waals surface area contributed by atoms with Crippen molar-refractivity contribution in [1.82, 2.24) is 19.7 Å². The van der Waals surface area contributed by atoms with Crippen molar-refractivity contribution >= 4 is 23.4 Å². The number of hydrogen-bond acceptors (Lipinski definition) is 5. The Labute approximate surface area is 157 Å². The molecule has 0 bridgehead atoms. The molecule has 7 heteroatoms. The van der Waals surface area contributed by atoms with Crippen LogP contribution in [0, 0.1) is 20.8 Å². The minimum atomic E-state index is -0.0313. The van der Waals surface area contributed by atoms with Crippen molar-refractivity contribution in [3.05, 3.63) is 59.7 Å². The van der Waals surface area contributed by atoms with Gasteiger partial charge in [0.15, 0.2) is 5.16 Å². The van der Waals surface area contributed by atoms with Gasteiger partial charge in [0.2, 0.25) is 5.91 Å². The van der Waals surface area contributed by atoms with Gasteiger partial charge < -0.3 is 5.32 Å². The molecule has 0 aliphatic carbocycles. The number of carbonyl (C=O) groups excluding carboxylic acids is 1. The maximum atomic E-state index is 12.1. The molecule has 0 unspecified atom stereocenters. The lowest BCUT2D eigenvalue weighted by Gasteiger charge is -2.07. The summed E-state index contributed by atoms with van der Waals surface area (Å²) in [7, 11) is 0. The SMILES string of the molecule is Cc1cnn(CCC(=O)Nc2ccc(Sc3nc(C)cc(C)n3)cc2)c1. The largest absolute Gasteiger partial charge is 0.326 e. The molecule has 1 amide bonds. The van der Waals surface area contributed by atoms with Gasteiger partial charge in [0.05, 0.1) is 6.20 Å². The van der Waals surface area contributed by atoms with Crippen LogP contribution in [0.1, 0.15) is 23.4 Å². The summed E-state index contributed by atoms with van der Waals surface area (Å²) in [6, 6.07) is 9.64. The minimum Gasteiger partial charge on any atom is -0.326 e. The highest BCUT2D eigenvalue weighted by Gasteiger charge is 2.06.